The molecule has 0 aliphatic carbocycles. The molecule has 3 heteroatoms. The molecule has 1 heterocycles. The van der Waals surface area contributed by atoms with Gasteiger partial charge in [-0.2, -0.15) is 0 Å². The fourth-order valence-electron chi connectivity index (χ4n) is 1.64. The highest BCUT2D eigenvalue weighted by atomic mass is 16.2. The average Bonchev–Trinajstić information content (AvgIpc) is 2.58. The minimum atomic E-state index is -0.0388. The van der Waals surface area contributed by atoms with Crippen molar-refractivity contribution in [3.05, 3.63) is 41.0 Å². The topological polar surface area (TPSA) is 46.2 Å². The van der Waals surface area contributed by atoms with E-state index >= 15 is 0 Å². The highest BCUT2D eigenvalue weighted by Crippen LogP contribution is 2.20. The van der Waals surface area contributed by atoms with Gasteiger partial charge in [0.2, 0.25) is 0 Å². The van der Waals surface area contributed by atoms with Crippen molar-refractivity contribution < 1.29 is 9.59 Å². The Morgan fingerprint density at radius 3 is 3.00 bits per heavy atom. The zero-order chi connectivity index (χ0) is 10.8. The van der Waals surface area contributed by atoms with E-state index in [1.807, 2.05) is 12.1 Å². The first kappa shape index (κ1) is 9.65. The van der Waals surface area contributed by atoms with Gasteiger partial charge in [0, 0.05) is 12.1 Å². The first-order chi connectivity index (χ1) is 7.18. The first-order valence-corrected chi connectivity index (χ1v) is 4.77. The summed E-state index contributed by atoms with van der Waals surface area (Å²) in [5, 5.41) is 2.76. The Labute approximate surface area is 87.8 Å². The molecule has 3 nitrogen and oxygen atoms in total. The highest BCUT2D eigenvalue weighted by Gasteiger charge is 2.19. The summed E-state index contributed by atoms with van der Waals surface area (Å²) < 4.78 is 0. The molecule has 0 saturated heterocycles. The lowest BCUT2D eigenvalue weighted by molar-refractivity contribution is -0.112. The summed E-state index contributed by atoms with van der Waals surface area (Å²) in [6.07, 6.45) is 3.26. The second-order valence-corrected chi connectivity index (χ2v) is 3.50. The van der Waals surface area contributed by atoms with E-state index in [1.54, 1.807) is 12.1 Å². The van der Waals surface area contributed by atoms with E-state index in [-0.39, 0.29) is 11.7 Å². The van der Waals surface area contributed by atoms with E-state index in [2.05, 4.69) is 5.32 Å². The van der Waals surface area contributed by atoms with Crippen molar-refractivity contribution in [1.82, 2.24) is 5.32 Å². The normalized spacial score (nSPS) is 14.1. The van der Waals surface area contributed by atoms with Crippen molar-refractivity contribution in [3.63, 3.8) is 0 Å². The molecule has 1 amide bonds. The van der Waals surface area contributed by atoms with E-state index in [9.17, 15) is 9.59 Å². The van der Waals surface area contributed by atoms with Gasteiger partial charge in [0.1, 0.15) is 0 Å². The van der Waals surface area contributed by atoms with E-state index in [4.69, 9.17) is 0 Å². The number of fused-ring (bicyclic) bond motifs is 1. The zero-order valence-electron chi connectivity index (χ0n) is 8.41. The molecule has 0 atom stereocenters. The Balaban J connectivity index is 2.42. The first-order valence-electron chi connectivity index (χ1n) is 4.77. The van der Waals surface area contributed by atoms with Crippen LogP contribution in [0.1, 0.15) is 28.4 Å². The minimum absolute atomic E-state index is 0.00452. The number of allylic oxidation sites excluding steroid dienone is 1. The van der Waals surface area contributed by atoms with Crippen molar-refractivity contribution in [1.29, 1.82) is 0 Å². The maximum atomic E-state index is 11.4. The van der Waals surface area contributed by atoms with Gasteiger partial charge in [-0.05, 0) is 30.2 Å². The van der Waals surface area contributed by atoms with Gasteiger partial charge in [0.05, 0.1) is 0 Å². The summed E-state index contributed by atoms with van der Waals surface area (Å²) in [4.78, 5) is 22.2. The van der Waals surface area contributed by atoms with Crippen LogP contribution in [0.15, 0.2) is 24.3 Å². The van der Waals surface area contributed by atoms with Crippen LogP contribution in [0.3, 0.4) is 0 Å². The molecular weight excluding hydrogens is 190 g/mol. The summed E-state index contributed by atoms with van der Waals surface area (Å²) in [6.45, 7) is 2.05. The van der Waals surface area contributed by atoms with Crippen LogP contribution in [-0.4, -0.2) is 11.7 Å². The number of carbonyl (C=O) groups excluding carboxylic acids is 2. The molecule has 1 aromatic rings. The summed E-state index contributed by atoms with van der Waals surface area (Å²) >= 11 is 0. The maximum absolute atomic E-state index is 11.4. The van der Waals surface area contributed by atoms with Crippen LogP contribution in [0.25, 0.3) is 6.08 Å². The van der Waals surface area contributed by atoms with E-state index in [0.29, 0.717) is 12.1 Å². The van der Waals surface area contributed by atoms with Crippen molar-refractivity contribution in [2.45, 2.75) is 13.5 Å². The lowest BCUT2D eigenvalue weighted by Gasteiger charge is -2.00. The predicted molar refractivity (Wildman–Crippen MR) is 57.3 cm³/mol. The second kappa shape index (κ2) is 3.69. The zero-order valence-corrected chi connectivity index (χ0v) is 8.41. The van der Waals surface area contributed by atoms with Gasteiger partial charge in [-0.25, -0.2) is 0 Å². The Kier molecular flexibility index (Phi) is 2.37. The van der Waals surface area contributed by atoms with Gasteiger partial charge < -0.3 is 5.32 Å². The Hall–Kier alpha value is -1.90. The fourth-order valence-corrected chi connectivity index (χ4v) is 1.64. The number of hydrogen-bond acceptors (Lipinski definition) is 2. The molecule has 1 aromatic carbocycles. The number of ketones is 1. The van der Waals surface area contributed by atoms with Crippen LogP contribution in [0.5, 0.6) is 0 Å². The van der Waals surface area contributed by atoms with Gasteiger partial charge in [0.15, 0.2) is 5.78 Å². The van der Waals surface area contributed by atoms with Crippen molar-refractivity contribution >= 4 is 17.8 Å². The van der Waals surface area contributed by atoms with Crippen molar-refractivity contribution in [2.24, 2.45) is 0 Å². The SMILES string of the molecule is CC(=O)C=Cc1cccc2c1CNC2=O. The molecule has 0 unspecified atom stereocenters. The van der Waals surface area contributed by atoms with E-state index in [0.717, 1.165) is 11.1 Å². The molecule has 0 aromatic heterocycles. The Morgan fingerprint density at radius 2 is 2.27 bits per heavy atom. The Bertz CT molecular complexity index is 461. The van der Waals surface area contributed by atoms with Crippen LogP contribution in [-0.2, 0) is 11.3 Å². The monoisotopic (exact) mass is 201 g/mol. The molecule has 2 rings (SSSR count). The van der Waals surface area contributed by atoms with Crippen LogP contribution >= 0.6 is 0 Å². The molecule has 0 spiro atoms. The van der Waals surface area contributed by atoms with Gasteiger partial charge in [-0.3, -0.25) is 9.59 Å². The van der Waals surface area contributed by atoms with Crippen LogP contribution in [0.4, 0.5) is 0 Å². The second-order valence-electron chi connectivity index (χ2n) is 3.50. The van der Waals surface area contributed by atoms with Gasteiger partial charge >= 0.3 is 0 Å². The number of hydrogen-bond donors (Lipinski definition) is 1. The quantitative estimate of drug-likeness (QED) is 0.737. The number of nitrogens with one attached hydrogen (secondary N) is 1. The molecule has 0 saturated carbocycles. The largest absolute Gasteiger partial charge is 0.348 e. The molecular formula is C12H11NO2. The summed E-state index contributed by atoms with van der Waals surface area (Å²) in [5.74, 6) is -0.0343. The molecule has 1 aliphatic rings. The predicted octanol–water partition coefficient (Wildman–Crippen LogP) is 1.53. The molecule has 0 fully saturated rings. The third-order valence-corrected chi connectivity index (χ3v) is 2.38. The smallest absolute Gasteiger partial charge is 0.251 e. The van der Waals surface area contributed by atoms with E-state index in [1.165, 1.54) is 13.0 Å². The highest BCUT2D eigenvalue weighted by molar-refractivity contribution is 6.00. The molecule has 76 valence electrons. The van der Waals surface area contributed by atoms with Gasteiger partial charge in [0.25, 0.3) is 5.91 Å². The third-order valence-electron chi connectivity index (χ3n) is 2.38. The summed E-state index contributed by atoms with van der Waals surface area (Å²) in [6, 6.07) is 5.52. The van der Waals surface area contributed by atoms with Crippen LogP contribution in [0, 0.1) is 0 Å². The standard InChI is InChI=1S/C12H11NO2/c1-8(14)5-6-9-3-2-4-10-11(9)7-13-12(10)15/h2-6H,7H2,1H3,(H,13,15). The molecule has 1 N–H and O–H groups in total. The summed E-state index contributed by atoms with van der Waals surface area (Å²) in [5.41, 5.74) is 2.61. The molecule has 15 heavy (non-hydrogen) atoms. The number of carbonyl (C=O) groups is 2. The van der Waals surface area contributed by atoms with Crippen molar-refractivity contribution in [3.8, 4) is 0 Å². The number of amides is 1. The Morgan fingerprint density at radius 1 is 1.47 bits per heavy atom. The molecule has 1 aliphatic heterocycles. The maximum Gasteiger partial charge on any atom is 0.251 e. The lowest BCUT2D eigenvalue weighted by Crippen LogP contribution is -2.12. The lowest BCUT2D eigenvalue weighted by atomic mass is 10.0. The van der Waals surface area contributed by atoms with Gasteiger partial charge in [-0.1, -0.05) is 18.2 Å². The van der Waals surface area contributed by atoms with Crippen molar-refractivity contribution in [2.75, 3.05) is 0 Å². The van der Waals surface area contributed by atoms with Gasteiger partial charge in [-0.15, -0.1) is 0 Å². The van der Waals surface area contributed by atoms with E-state index < -0.39 is 0 Å². The molecule has 0 bridgehead atoms. The fraction of sp³-hybridized carbons (Fsp3) is 0.167. The third kappa shape index (κ3) is 1.81. The minimum Gasteiger partial charge on any atom is -0.348 e. The number of rotatable bonds is 2. The summed E-state index contributed by atoms with van der Waals surface area (Å²) in [7, 11) is 0. The number of benzene rings is 1. The molecule has 0 radical (unpaired) electrons. The average molecular weight is 201 g/mol. The van der Waals surface area contributed by atoms with Crippen LogP contribution < -0.4 is 5.32 Å². The van der Waals surface area contributed by atoms with Crippen LogP contribution in [0.2, 0.25) is 0 Å².